The third-order valence-electron chi connectivity index (χ3n) is 4.12. The highest BCUT2D eigenvalue weighted by Crippen LogP contribution is 2.17. The number of hydrogen-bond acceptors (Lipinski definition) is 4. The van der Waals surface area contributed by atoms with Crippen molar-refractivity contribution in [3.63, 3.8) is 0 Å². The average molecular weight is 417 g/mol. The van der Waals surface area contributed by atoms with Crippen LogP contribution in [0.25, 0.3) is 0 Å². The highest BCUT2D eigenvalue weighted by molar-refractivity contribution is 7.71. The summed E-state index contributed by atoms with van der Waals surface area (Å²) in [7, 11) is 0. The van der Waals surface area contributed by atoms with E-state index in [9.17, 15) is 4.79 Å². The normalized spacial score (nSPS) is 10.9. The predicted octanol–water partition coefficient (Wildman–Crippen LogP) is 4.68. The van der Waals surface area contributed by atoms with Crippen molar-refractivity contribution in [2.45, 2.75) is 33.0 Å². The van der Waals surface area contributed by atoms with Crippen molar-refractivity contribution in [1.82, 2.24) is 20.1 Å². The van der Waals surface area contributed by atoms with Gasteiger partial charge >= 0.3 is 0 Å². The quantitative estimate of drug-likeness (QED) is 0.548. The zero-order chi connectivity index (χ0) is 20.1. The van der Waals surface area contributed by atoms with Crippen LogP contribution in [-0.4, -0.2) is 20.7 Å². The Morgan fingerprint density at radius 2 is 2.04 bits per heavy atom. The van der Waals surface area contributed by atoms with Crippen LogP contribution in [0, 0.1) is 4.77 Å². The van der Waals surface area contributed by atoms with Crippen LogP contribution in [0.3, 0.4) is 0 Å². The van der Waals surface area contributed by atoms with Crippen LogP contribution in [0.1, 0.15) is 41.6 Å². The Morgan fingerprint density at radius 1 is 1.29 bits per heavy atom. The molecule has 0 atom stereocenters. The molecule has 0 radical (unpaired) electrons. The molecule has 0 aliphatic heterocycles. The molecule has 2 aromatic carbocycles. The van der Waals surface area contributed by atoms with Crippen molar-refractivity contribution < 1.29 is 9.53 Å². The van der Waals surface area contributed by atoms with Crippen LogP contribution in [0.2, 0.25) is 5.02 Å². The van der Waals surface area contributed by atoms with E-state index < -0.39 is 0 Å². The molecule has 0 saturated heterocycles. The number of aromatic amines is 1. The van der Waals surface area contributed by atoms with E-state index in [1.54, 1.807) is 18.2 Å². The molecule has 0 bridgehead atoms. The molecule has 0 spiro atoms. The Labute approximate surface area is 173 Å². The lowest BCUT2D eigenvalue weighted by molar-refractivity contribution is 0.0948. The van der Waals surface area contributed by atoms with Gasteiger partial charge in [0.1, 0.15) is 12.4 Å². The third-order valence-corrected chi connectivity index (χ3v) is 4.66. The van der Waals surface area contributed by atoms with E-state index in [0.29, 0.717) is 33.5 Å². The predicted molar refractivity (Wildman–Crippen MR) is 111 cm³/mol. The summed E-state index contributed by atoms with van der Waals surface area (Å²) in [5, 5.41) is 10.5. The Morgan fingerprint density at radius 3 is 2.75 bits per heavy atom. The summed E-state index contributed by atoms with van der Waals surface area (Å²) in [6.45, 7) is 4.70. The molecule has 0 aliphatic rings. The Hall–Kier alpha value is -2.64. The molecule has 146 valence electrons. The second-order valence-electron chi connectivity index (χ2n) is 6.53. The van der Waals surface area contributed by atoms with E-state index in [1.807, 2.05) is 48.7 Å². The lowest BCUT2D eigenvalue weighted by Crippen LogP contribution is -2.25. The first kappa shape index (κ1) is 20.1. The molecule has 1 amide bonds. The first-order chi connectivity index (χ1) is 13.4. The van der Waals surface area contributed by atoms with Gasteiger partial charge in [-0.2, -0.15) is 5.10 Å². The summed E-state index contributed by atoms with van der Waals surface area (Å²) < 4.78 is 8.20. The number of carbonyl (C=O) groups excluding carboxylic acids is 1. The number of rotatable bonds is 7. The van der Waals surface area contributed by atoms with Crippen molar-refractivity contribution in [2.75, 3.05) is 0 Å². The molecular formula is C20H21ClN4O2S. The van der Waals surface area contributed by atoms with Crippen molar-refractivity contribution in [1.29, 1.82) is 0 Å². The fourth-order valence-electron chi connectivity index (χ4n) is 2.73. The number of nitrogens with zero attached hydrogens (tertiary/aromatic N) is 2. The highest BCUT2D eigenvalue weighted by atomic mass is 35.5. The lowest BCUT2D eigenvalue weighted by Gasteiger charge is -2.11. The maximum Gasteiger partial charge on any atom is 0.251 e. The Bertz CT molecular complexity index is 1010. The van der Waals surface area contributed by atoms with Crippen molar-refractivity contribution in [2.24, 2.45) is 0 Å². The van der Waals surface area contributed by atoms with Crippen molar-refractivity contribution in [3.05, 3.63) is 75.3 Å². The highest BCUT2D eigenvalue weighted by Gasteiger charge is 2.12. The molecule has 0 aliphatic carbocycles. The van der Waals surface area contributed by atoms with E-state index in [-0.39, 0.29) is 18.5 Å². The summed E-state index contributed by atoms with van der Waals surface area (Å²) in [5.41, 5.74) is 1.51. The van der Waals surface area contributed by atoms with E-state index in [4.69, 9.17) is 28.6 Å². The Balaban J connectivity index is 1.62. The minimum atomic E-state index is -0.207. The van der Waals surface area contributed by atoms with Crippen molar-refractivity contribution >= 4 is 29.7 Å². The molecule has 0 unspecified atom stereocenters. The number of hydrogen-bond donors (Lipinski definition) is 2. The molecule has 2 N–H and O–H groups in total. The van der Waals surface area contributed by atoms with E-state index in [0.717, 1.165) is 5.56 Å². The minimum Gasteiger partial charge on any atom is -0.489 e. The molecule has 1 heterocycles. The van der Waals surface area contributed by atoms with Crippen LogP contribution in [0.15, 0.2) is 48.5 Å². The second kappa shape index (κ2) is 9.03. The fraction of sp³-hybridized carbons (Fsp3) is 0.250. The van der Waals surface area contributed by atoms with E-state index in [2.05, 4.69) is 15.5 Å². The smallest absolute Gasteiger partial charge is 0.251 e. The van der Waals surface area contributed by atoms with Gasteiger partial charge in [0.25, 0.3) is 5.91 Å². The number of benzene rings is 2. The first-order valence-electron chi connectivity index (χ1n) is 8.85. The molecule has 3 rings (SSSR count). The molecular weight excluding hydrogens is 396 g/mol. The SMILES string of the molecule is CC(C)n1c(CNC(=O)c2cccc(OCc3ccc(Cl)cc3)c2)n[nH]c1=S. The van der Waals surface area contributed by atoms with E-state index >= 15 is 0 Å². The molecule has 8 heteroatoms. The monoisotopic (exact) mass is 416 g/mol. The third kappa shape index (κ3) is 4.99. The number of aromatic nitrogens is 3. The van der Waals surface area contributed by atoms with Gasteiger partial charge in [0.15, 0.2) is 10.6 Å². The molecule has 1 aromatic heterocycles. The number of halogens is 1. The second-order valence-corrected chi connectivity index (χ2v) is 7.36. The lowest BCUT2D eigenvalue weighted by atomic mass is 10.2. The zero-order valence-corrected chi connectivity index (χ0v) is 17.2. The van der Waals surface area contributed by atoms with Gasteiger partial charge in [0, 0.05) is 16.6 Å². The van der Waals surface area contributed by atoms with Gasteiger partial charge in [-0.25, -0.2) is 0 Å². The van der Waals surface area contributed by atoms with Gasteiger partial charge < -0.3 is 14.6 Å². The zero-order valence-electron chi connectivity index (χ0n) is 15.6. The van der Waals surface area contributed by atoms with Crippen LogP contribution < -0.4 is 10.1 Å². The summed E-state index contributed by atoms with van der Waals surface area (Å²) in [5.74, 6) is 1.09. The van der Waals surface area contributed by atoms with Crippen LogP contribution in [-0.2, 0) is 13.2 Å². The van der Waals surface area contributed by atoms with Gasteiger partial charge in [-0.1, -0.05) is 29.8 Å². The van der Waals surface area contributed by atoms with Gasteiger partial charge in [-0.15, -0.1) is 0 Å². The van der Waals surface area contributed by atoms with Gasteiger partial charge in [-0.05, 0) is 62.0 Å². The van der Waals surface area contributed by atoms with Crippen molar-refractivity contribution in [3.8, 4) is 5.75 Å². The average Bonchev–Trinajstić information content (AvgIpc) is 3.06. The number of H-pyrrole nitrogens is 1. The Kier molecular flexibility index (Phi) is 6.49. The molecule has 3 aromatic rings. The topological polar surface area (TPSA) is 71.9 Å². The summed E-state index contributed by atoms with van der Waals surface area (Å²) >= 11 is 11.1. The fourth-order valence-corrected chi connectivity index (χ4v) is 3.22. The van der Waals surface area contributed by atoms with Crippen LogP contribution in [0.5, 0.6) is 5.75 Å². The number of ether oxygens (including phenoxy) is 1. The first-order valence-corrected chi connectivity index (χ1v) is 9.64. The number of amides is 1. The molecule has 6 nitrogen and oxygen atoms in total. The maximum absolute atomic E-state index is 12.5. The molecule has 28 heavy (non-hydrogen) atoms. The minimum absolute atomic E-state index is 0.155. The summed E-state index contributed by atoms with van der Waals surface area (Å²) in [6.07, 6.45) is 0. The van der Waals surface area contributed by atoms with E-state index in [1.165, 1.54) is 0 Å². The maximum atomic E-state index is 12.5. The number of carbonyl (C=O) groups is 1. The van der Waals surface area contributed by atoms with Gasteiger partial charge in [0.05, 0.1) is 6.54 Å². The molecule has 0 fully saturated rings. The summed E-state index contributed by atoms with van der Waals surface area (Å²) in [6, 6.07) is 14.7. The summed E-state index contributed by atoms with van der Waals surface area (Å²) in [4.78, 5) is 12.5. The van der Waals surface area contributed by atoms with Crippen LogP contribution in [0.4, 0.5) is 0 Å². The van der Waals surface area contributed by atoms with Gasteiger partial charge in [0.2, 0.25) is 0 Å². The van der Waals surface area contributed by atoms with Gasteiger partial charge in [-0.3, -0.25) is 9.89 Å². The standard InChI is InChI=1S/C20H21ClN4O2S/c1-13(2)25-18(23-24-20(25)28)11-22-19(26)15-4-3-5-17(10-15)27-12-14-6-8-16(21)9-7-14/h3-10,13H,11-12H2,1-2H3,(H,22,26)(H,24,28). The van der Waals surface area contributed by atoms with Crippen LogP contribution >= 0.6 is 23.8 Å². The number of nitrogens with one attached hydrogen (secondary N) is 2. The molecule has 0 saturated carbocycles. The largest absolute Gasteiger partial charge is 0.489 e.